The number of pyridine rings is 1. The van der Waals surface area contributed by atoms with E-state index in [-0.39, 0.29) is 10.6 Å². The zero-order valence-corrected chi connectivity index (χ0v) is 16.2. The SMILES string of the molecule is O=C(O)c1sc2cc(OCc3cccnc3)ccc2c1Sc1ccccc1O. The van der Waals surface area contributed by atoms with Gasteiger partial charge in [-0.1, -0.05) is 30.0 Å². The number of carboxylic acid groups (broad SMARTS) is 1. The molecule has 0 saturated carbocycles. The number of benzene rings is 2. The van der Waals surface area contributed by atoms with Crippen LogP contribution in [0, 0.1) is 0 Å². The lowest BCUT2D eigenvalue weighted by atomic mass is 10.2. The average molecular weight is 409 g/mol. The van der Waals surface area contributed by atoms with Crippen molar-refractivity contribution < 1.29 is 19.7 Å². The minimum atomic E-state index is -0.989. The minimum absolute atomic E-state index is 0.125. The van der Waals surface area contributed by atoms with E-state index in [2.05, 4.69) is 4.98 Å². The number of fused-ring (bicyclic) bond motifs is 1. The zero-order chi connectivity index (χ0) is 19.5. The highest BCUT2D eigenvalue weighted by atomic mass is 32.2. The van der Waals surface area contributed by atoms with E-state index in [4.69, 9.17) is 4.74 Å². The summed E-state index contributed by atoms with van der Waals surface area (Å²) in [6, 6.07) is 16.2. The average Bonchev–Trinajstić information content (AvgIpc) is 3.07. The molecule has 0 aliphatic heterocycles. The van der Waals surface area contributed by atoms with Gasteiger partial charge in [0, 0.05) is 32.9 Å². The number of aromatic carboxylic acids is 1. The van der Waals surface area contributed by atoms with E-state index >= 15 is 0 Å². The van der Waals surface area contributed by atoms with Crippen molar-refractivity contribution in [3.05, 3.63) is 77.4 Å². The summed E-state index contributed by atoms with van der Waals surface area (Å²) in [6.07, 6.45) is 3.45. The van der Waals surface area contributed by atoms with Crippen LogP contribution in [0.1, 0.15) is 15.2 Å². The summed E-state index contributed by atoms with van der Waals surface area (Å²) < 4.78 is 6.64. The summed E-state index contributed by atoms with van der Waals surface area (Å²) in [5.74, 6) is -0.204. The van der Waals surface area contributed by atoms with Gasteiger partial charge in [-0.2, -0.15) is 0 Å². The van der Waals surface area contributed by atoms with Gasteiger partial charge in [0.05, 0.1) is 4.90 Å². The molecule has 0 saturated heterocycles. The Morgan fingerprint density at radius 3 is 2.75 bits per heavy atom. The van der Waals surface area contributed by atoms with Gasteiger partial charge in [-0.3, -0.25) is 4.98 Å². The molecule has 2 N–H and O–H groups in total. The van der Waals surface area contributed by atoms with Crippen LogP contribution >= 0.6 is 23.1 Å². The van der Waals surface area contributed by atoms with Crippen molar-refractivity contribution in [2.45, 2.75) is 16.4 Å². The maximum atomic E-state index is 11.8. The van der Waals surface area contributed by atoms with Gasteiger partial charge in [-0.25, -0.2) is 4.79 Å². The van der Waals surface area contributed by atoms with E-state index < -0.39 is 5.97 Å². The van der Waals surface area contributed by atoms with Gasteiger partial charge in [-0.05, 0) is 36.4 Å². The van der Waals surface area contributed by atoms with Crippen LogP contribution < -0.4 is 4.74 Å². The van der Waals surface area contributed by atoms with E-state index in [0.717, 1.165) is 15.6 Å². The van der Waals surface area contributed by atoms with Gasteiger partial charge >= 0.3 is 5.97 Å². The number of rotatable bonds is 6. The summed E-state index contributed by atoms with van der Waals surface area (Å²) in [7, 11) is 0. The standard InChI is InChI=1S/C21H15NO4S2/c23-16-5-1-2-6-17(16)27-19-15-8-7-14(10-18(15)28-20(19)21(24)25)26-12-13-4-3-9-22-11-13/h1-11,23H,12H2,(H,24,25). The number of hydrogen-bond donors (Lipinski definition) is 2. The first-order valence-electron chi connectivity index (χ1n) is 8.39. The summed E-state index contributed by atoms with van der Waals surface area (Å²) in [6.45, 7) is 0.385. The van der Waals surface area contributed by atoms with Crippen molar-refractivity contribution in [1.82, 2.24) is 4.98 Å². The highest BCUT2D eigenvalue weighted by molar-refractivity contribution is 8.00. The lowest BCUT2D eigenvalue weighted by Gasteiger charge is -2.07. The van der Waals surface area contributed by atoms with Crippen LogP contribution in [0.25, 0.3) is 10.1 Å². The molecule has 28 heavy (non-hydrogen) atoms. The molecule has 0 unspecified atom stereocenters. The third kappa shape index (κ3) is 3.81. The van der Waals surface area contributed by atoms with E-state index in [1.165, 1.54) is 23.1 Å². The molecule has 2 heterocycles. The second kappa shape index (κ2) is 7.92. The van der Waals surface area contributed by atoms with Crippen LogP contribution in [0.2, 0.25) is 0 Å². The fourth-order valence-electron chi connectivity index (χ4n) is 2.69. The van der Waals surface area contributed by atoms with Crippen LogP contribution in [0.3, 0.4) is 0 Å². The lowest BCUT2D eigenvalue weighted by Crippen LogP contribution is -1.95. The van der Waals surface area contributed by atoms with Gasteiger partial charge in [0.25, 0.3) is 0 Å². The molecule has 0 spiro atoms. The molecule has 0 aliphatic carbocycles. The number of aromatic hydroxyl groups is 1. The maximum absolute atomic E-state index is 11.8. The molecule has 2 aromatic heterocycles. The summed E-state index contributed by atoms with van der Waals surface area (Å²) >= 11 is 2.45. The second-order valence-corrected chi connectivity index (χ2v) is 8.05. The van der Waals surface area contributed by atoms with E-state index in [1.54, 1.807) is 36.7 Å². The quantitative estimate of drug-likeness (QED) is 0.442. The number of carbonyl (C=O) groups is 1. The van der Waals surface area contributed by atoms with Gasteiger partial charge in [0.15, 0.2) is 0 Å². The van der Waals surface area contributed by atoms with Crippen molar-refractivity contribution >= 4 is 39.2 Å². The third-order valence-corrected chi connectivity index (χ3v) is 6.48. The summed E-state index contributed by atoms with van der Waals surface area (Å²) in [5.41, 5.74) is 0.954. The van der Waals surface area contributed by atoms with Gasteiger partial charge in [0.2, 0.25) is 0 Å². The Hall–Kier alpha value is -3.03. The Labute approximate surface area is 169 Å². The summed E-state index contributed by atoms with van der Waals surface area (Å²) in [5, 5.41) is 20.5. The number of carboxylic acids is 1. The molecule has 0 fully saturated rings. The number of phenolic OH excluding ortho intramolecular Hbond substituents is 1. The molecule has 140 valence electrons. The largest absolute Gasteiger partial charge is 0.507 e. The Morgan fingerprint density at radius 1 is 1.14 bits per heavy atom. The normalized spacial score (nSPS) is 10.9. The first-order valence-corrected chi connectivity index (χ1v) is 10.0. The smallest absolute Gasteiger partial charge is 0.347 e. The number of nitrogens with zero attached hydrogens (tertiary/aromatic N) is 1. The van der Waals surface area contributed by atoms with Crippen molar-refractivity contribution in [2.24, 2.45) is 0 Å². The molecule has 2 aromatic carbocycles. The number of para-hydroxylation sites is 1. The van der Waals surface area contributed by atoms with Crippen molar-refractivity contribution in [1.29, 1.82) is 0 Å². The predicted octanol–water partition coefficient (Wildman–Crippen LogP) is 5.43. The summed E-state index contributed by atoms with van der Waals surface area (Å²) in [4.78, 5) is 17.3. The number of ether oxygens (including phenoxy) is 1. The lowest BCUT2D eigenvalue weighted by molar-refractivity contribution is 0.0699. The third-order valence-electron chi connectivity index (χ3n) is 4.02. The molecule has 0 bridgehead atoms. The number of hydrogen-bond acceptors (Lipinski definition) is 6. The Morgan fingerprint density at radius 2 is 2.00 bits per heavy atom. The zero-order valence-electron chi connectivity index (χ0n) is 14.5. The van der Waals surface area contributed by atoms with Crippen LogP contribution in [-0.4, -0.2) is 21.2 Å². The van der Waals surface area contributed by atoms with Gasteiger partial charge < -0.3 is 14.9 Å². The first kappa shape index (κ1) is 18.3. The fourth-order valence-corrected chi connectivity index (χ4v) is 4.98. The molecule has 4 aromatic rings. The Kier molecular flexibility index (Phi) is 5.18. The molecular formula is C21H15NO4S2. The fraction of sp³-hybridized carbons (Fsp3) is 0.0476. The van der Waals surface area contributed by atoms with Crippen molar-refractivity contribution in [2.75, 3.05) is 0 Å². The molecular weight excluding hydrogens is 394 g/mol. The molecule has 0 amide bonds. The topological polar surface area (TPSA) is 79.7 Å². The maximum Gasteiger partial charge on any atom is 0.347 e. The van der Waals surface area contributed by atoms with Crippen LogP contribution in [0.15, 0.2) is 76.8 Å². The van der Waals surface area contributed by atoms with Crippen LogP contribution in [-0.2, 0) is 6.61 Å². The van der Waals surface area contributed by atoms with E-state index in [9.17, 15) is 15.0 Å². The minimum Gasteiger partial charge on any atom is -0.507 e. The molecule has 0 aliphatic rings. The Bertz CT molecular complexity index is 1140. The molecule has 4 rings (SSSR count). The highest BCUT2D eigenvalue weighted by Gasteiger charge is 2.20. The Balaban J connectivity index is 1.66. The van der Waals surface area contributed by atoms with E-state index in [1.807, 2.05) is 30.3 Å². The van der Waals surface area contributed by atoms with Gasteiger partial charge in [-0.15, -0.1) is 11.3 Å². The highest BCUT2D eigenvalue weighted by Crippen LogP contribution is 2.44. The molecule has 7 heteroatoms. The van der Waals surface area contributed by atoms with Crippen molar-refractivity contribution in [3.8, 4) is 11.5 Å². The molecule has 0 radical (unpaired) electrons. The number of thiophene rings is 1. The van der Waals surface area contributed by atoms with Crippen LogP contribution in [0.4, 0.5) is 0 Å². The first-order chi connectivity index (χ1) is 13.6. The van der Waals surface area contributed by atoms with Gasteiger partial charge in [0.1, 0.15) is 23.0 Å². The number of aromatic nitrogens is 1. The second-order valence-electron chi connectivity index (χ2n) is 5.94. The monoisotopic (exact) mass is 409 g/mol. The predicted molar refractivity (Wildman–Crippen MR) is 110 cm³/mol. The number of phenols is 1. The molecule has 0 atom stereocenters. The molecule has 5 nitrogen and oxygen atoms in total. The van der Waals surface area contributed by atoms with Crippen LogP contribution in [0.5, 0.6) is 11.5 Å². The van der Waals surface area contributed by atoms with Crippen molar-refractivity contribution in [3.63, 3.8) is 0 Å². The van der Waals surface area contributed by atoms with E-state index in [0.29, 0.717) is 22.1 Å².